The van der Waals surface area contributed by atoms with Crippen molar-refractivity contribution in [3.8, 4) is 0 Å². The van der Waals surface area contributed by atoms with Gasteiger partial charge in [0.1, 0.15) is 0 Å². The Labute approximate surface area is 69.9 Å². The molecule has 0 spiro atoms. The lowest BCUT2D eigenvalue weighted by Crippen LogP contribution is -1.67. The second kappa shape index (κ2) is 3.50. The highest BCUT2D eigenvalue weighted by atomic mass is 31.0. The molecule has 0 nitrogen and oxygen atoms in total. The van der Waals surface area contributed by atoms with E-state index in [2.05, 4.69) is 48.5 Å². The summed E-state index contributed by atoms with van der Waals surface area (Å²) in [4.78, 5) is 0. The summed E-state index contributed by atoms with van der Waals surface area (Å²) in [5.74, 6) is 0. The molecule has 0 heterocycles. The summed E-state index contributed by atoms with van der Waals surface area (Å²) in [7, 11) is 0. The fourth-order valence-electron chi connectivity index (χ4n) is 1.13. The van der Waals surface area contributed by atoms with E-state index < -0.39 is 0 Å². The number of hydrogen-bond acceptors (Lipinski definition) is 0. The SMILES string of the molecule is P.c1ccc2ccccc2c1. The molecule has 1 unspecified atom stereocenters. The molecule has 0 bridgehead atoms. The van der Waals surface area contributed by atoms with Crippen LogP contribution in [0.1, 0.15) is 0 Å². The minimum absolute atomic E-state index is 0. The van der Waals surface area contributed by atoms with Crippen molar-refractivity contribution in [1.29, 1.82) is 0 Å². The number of rotatable bonds is 0. The van der Waals surface area contributed by atoms with Gasteiger partial charge < -0.3 is 0 Å². The molecule has 11 heavy (non-hydrogen) atoms. The predicted octanol–water partition coefficient (Wildman–Crippen LogP) is 2.90. The third-order valence-corrected chi connectivity index (χ3v) is 1.66. The van der Waals surface area contributed by atoms with E-state index in [1.54, 1.807) is 0 Å². The third-order valence-electron chi connectivity index (χ3n) is 1.66. The highest BCUT2D eigenvalue weighted by Gasteiger charge is 1.85. The summed E-state index contributed by atoms with van der Waals surface area (Å²) in [6.45, 7) is 0. The smallest absolute Gasteiger partial charge is 0.0184 e. The van der Waals surface area contributed by atoms with Crippen molar-refractivity contribution >= 4 is 20.7 Å². The van der Waals surface area contributed by atoms with Crippen LogP contribution in [0.25, 0.3) is 10.8 Å². The zero-order valence-electron chi connectivity index (χ0n) is 6.33. The first-order valence-corrected chi connectivity index (χ1v) is 3.40. The van der Waals surface area contributed by atoms with Gasteiger partial charge in [-0.25, -0.2) is 0 Å². The van der Waals surface area contributed by atoms with Gasteiger partial charge in [-0.2, -0.15) is 9.90 Å². The fraction of sp³-hybridized carbons (Fsp3) is 0. The molecule has 1 atom stereocenters. The van der Waals surface area contributed by atoms with Crippen LogP contribution in [0.2, 0.25) is 0 Å². The van der Waals surface area contributed by atoms with E-state index in [4.69, 9.17) is 0 Å². The van der Waals surface area contributed by atoms with Gasteiger partial charge in [-0.1, -0.05) is 48.5 Å². The maximum absolute atomic E-state index is 2.12. The molecule has 0 aromatic heterocycles. The van der Waals surface area contributed by atoms with Crippen LogP contribution < -0.4 is 0 Å². The first-order chi connectivity index (χ1) is 4.97. The number of hydrogen-bond donors (Lipinski definition) is 0. The Morgan fingerprint density at radius 1 is 0.545 bits per heavy atom. The Hall–Kier alpha value is -0.870. The van der Waals surface area contributed by atoms with Crippen LogP contribution in [-0.2, 0) is 0 Å². The lowest BCUT2D eigenvalue weighted by atomic mass is 10.1. The molecular formula is C10H11P. The van der Waals surface area contributed by atoms with Crippen LogP contribution in [-0.4, -0.2) is 0 Å². The molecule has 0 saturated heterocycles. The number of benzene rings is 2. The molecule has 0 aliphatic heterocycles. The van der Waals surface area contributed by atoms with Crippen molar-refractivity contribution in [2.45, 2.75) is 0 Å². The van der Waals surface area contributed by atoms with Crippen LogP contribution in [0, 0.1) is 0 Å². The van der Waals surface area contributed by atoms with E-state index in [-0.39, 0.29) is 9.90 Å². The highest BCUT2D eigenvalue weighted by molar-refractivity contribution is 6.92. The van der Waals surface area contributed by atoms with E-state index >= 15 is 0 Å². The average Bonchev–Trinajstić information content (AvgIpc) is 2.05. The Morgan fingerprint density at radius 3 is 1.09 bits per heavy atom. The second-order valence-electron chi connectivity index (χ2n) is 2.35. The molecule has 0 amide bonds. The zero-order valence-corrected chi connectivity index (χ0v) is 7.74. The van der Waals surface area contributed by atoms with Crippen molar-refractivity contribution in [2.75, 3.05) is 0 Å². The molecule has 0 radical (unpaired) electrons. The summed E-state index contributed by atoms with van der Waals surface area (Å²) < 4.78 is 0. The summed E-state index contributed by atoms with van der Waals surface area (Å²) in [6, 6.07) is 16.7. The average molecular weight is 162 g/mol. The third kappa shape index (κ3) is 1.58. The van der Waals surface area contributed by atoms with Crippen LogP contribution >= 0.6 is 9.90 Å². The van der Waals surface area contributed by atoms with Crippen molar-refractivity contribution < 1.29 is 0 Å². The van der Waals surface area contributed by atoms with Crippen molar-refractivity contribution in [3.63, 3.8) is 0 Å². The molecule has 1 heteroatoms. The highest BCUT2D eigenvalue weighted by Crippen LogP contribution is 2.11. The van der Waals surface area contributed by atoms with E-state index in [9.17, 15) is 0 Å². The van der Waals surface area contributed by atoms with Gasteiger partial charge in [0.15, 0.2) is 0 Å². The largest absolute Gasteiger partial charge is 0.153 e. The Balaban J connectivity index is 0.000000605. The first kappa shape index (κ1) is 8.23. The predicted molar refractivity (Wildman–Crippen MR) is 55.1 cm³/mol. The van der Waals surface area contributed by atoms with Crippen molar-refractivity contribution in [2.24, 2.45) is 0 Å². The van der Waals surface area contributed by atoms with Gasteiger partial charge in [0.2, 0.25) is 0 Å². The maximum Gasteiger partial charge on any atom is -0.0184 e. The minimum atomic E-state index is 0. The lowest BCUT2D eigenvalue weighted by Gasteiger charge is -1.92. The maximum atomic E-state index is 2.12. The van der Waals surface area contributed by atoms with Crippen LogP contribution in [0.4, 0.5) is 0 Å². The van der Waals surface area contributed by atoms with Gasteiger partial charge in [-0.05, 0) is 10.8 Å². The second-order valence-corrected chi connectivity index (χ2v) is 2.35. The molecule has 0 N–H and O–H groups in total. The van der Waals surface area contributed by atoms with Crippen molar-refractivity contribution in [3.05, 3.63) is 48.5 Å². The Kier molecular flexibility index (Phi) is 2.62. The zero-order chi connectivity index (χ0) is 6.81. The standard InChI is InChI=1S/C10H8.H3P/c1-2-6-10-8-4-3-7-9(10)5-1;/h1-8H;1H3. The summed E-state index contributed by atoms with van der Waals surface area (Å²) in [6.07, 6.45) is 0. The van der Waals surface area contributed by atoms with Gasteiger partial charge in [0.05, 0.1) is 0 Å². The van der Waals surface area contributed by atoms with Crippen molar-refractivity contribution in [1.82, 2.24) is 0 Å². The van der Waals surface area contributed by atoms with Gasteiger partial charge in [0, 0.05) is 0 Å². The molecule has 0 aliphatic rings. The molecule has 0 aliphatic carbocycles. The Morgan fingerprint density at radius 2 is 0.818 bits per heavy atom. The van der Waals surface area contributed by atoms with E-state index in [1.165, 1.54) is 10.8 Å². The summed E-state index contributed by atoms with van der Waals surface area (Å²) >= 11 is 0. The lowest BCUT2D eigenvalue weighted by molar-refractivity contribution is 1.75. The van der Waals surface area contributed by atoms with E-state index in [1.807, 2.05) is 0 Å². The van der Waals surface area contributed by atoms with Crippen LogP contribution in [0.15, 0.2) is 48.5 Å². The molecule has 2 rings (SSSR count). The minimum Gasteiger partial charge on any atom is -0.153 e. The molecule has 2 aromatic rings. The molecule has 2 aromatic carbocycles. The number of fused-ring (bicyclic) bond motifs is 1. The Bertz CT molecular complexity index is 276. The quantitative estimate of drug-likeness (QED) is 0.522. The van der Waals surface area contributed by atoms with Crippen LogP contribution in [0.3, 0.4) is 0 Å². The summed E-state index contributed by atoms with van der Waals surface area (Å²) in [5.41, 5.74) is 0. The molecule has 0 fully saturated rings. The normalized spacial score (nSPS) is 9.09. The topological polar surface area (TPSA) is 0 Å². The van der Waals surface area contributed by atoms with Gasteiger partial charge in [0.25, 0.3) is 0 Å². The summed E-state index contributed by atoms with van der Waals surface area (Å²) in [5, 5.41) is 2.62. The monoisotopic (exact) mass is 162 g/mol. The molecule has 0 saturated carbocycles. The first-order valence-electron chi connectivity index (χ1n) is 3.40. The van der Waals surface area contributed by atoms with E-state index in [0.29, 0.717) is 0 Å². The van der Waals surface area contributed by atoms with Gasteiger partial charge in [-0.3, -0.25) is 0 Å². The molecular weight excluding hydrogens is 151 g/mol. The fourth-order valence-corrected chi connectivity index (χ4v) is 1.13. The van der Waals surface area contributed by atoms with E-state index in [0.717, 1.165) is 0 Å². The van der Waals surface area contributed by atoms with Crippen LogP contribution in [0.5, 0.6) is 0 Å². The molecule has 56 valence electrons. The van der Waals surface area contributed by atoms with Gasteiger partial charge >= 0.3 is 0 Å². The van der Waals surface area contributed by atoms with Gasteiger partial charge in [-0.15, -0.1) is 0 Å².